The normalized spacial score (nSPS) is 10.1. The van der Waals surface area contributed by atoms with E-state index in [1.807, 2.05) is 48.5 Å². The number of fused-ring (bicyclic) bond motifs is 1. The highest BCUT2D eigenvalue weighted by Gasteiger charge is 2.14. The number of nitrogens with two attached hydrogens (primary N) is 1. The number of amides is 1. The van der Waals surface area contributed by atoms with E-state index < -0.39 is 5.97 Å². The van der Waals surface area contributed by atoms with Crippen molar-refractivity contribution in [3.8, 4) is 0 Å². The Morgan fingerprint density at radius 3 is 2.58 bits per heavy atom. The van der Waals surface area contributed by atoms with Crippen LogP contribution in [-0.4, -0.2) is 37.1 Å². The number of nitrogens with one attached hydrogen (secondary N) is 3. The average Bonchev–Trinajstić information content (AvgIpc) is 3.16. The maximum Gasteiger partial charge on any atom is 0.300 e. The molecule has 0 saturated heterocycles. The van der Waals surface area contributed by atoms with Crippen LogP contribution in [0.5, 0.6) is 0 Å². The molecule has 0 fully saturated rings. The largest absolute Gasteiger partial charge is 0.481 e. The summed E-state index contributed by atoms with van der Waals surface area (Å²) in [4.78, 5) is 29.5. The number of hydrogen-bond donors (Lipinski definition) is 5. The smallest absolute Gasteiger partial charge is 0.300 e. The van der Waals surface area contributed by atoms with Crippen LogP contribution in [0.2, 0.25) is 0 Å². The van der Waals surface area contributed by atoms with Crippen molar-refractivity contribution in [3.05, 3.63) is 72.1 Å². The van der Waals surface area contributed by atoms with Gasteiger partial charge in [-0.2, -0.15) is 10.1 Å². The van der Waals surface area contributed by atoms with Crippen molar-refractivity contribution in [3.63, 3.8) is 0 Å². The van der Waals surface area contributed by atoms with Gasteiger partial charge in [0.15, 0.2) is 5.69 Å². The molecule has 6 N–H and O–H groups in total. The van der Waals surface area contributed by atoms with Crippen LogP contribution in [0, 0.1) is 0 Å². The molecule has 2 heterocycles. The molecule has 0 radical (unpaired) electrons. The van der Waals surface area contributed by atoms with Gasteiger partial charge in [0.2, 0.25) is 5.95 Å². The van der Waals surface area contributed by atoms with Crippen LogP contribution in [0.4, 0.5) is 17.5 Å². The van der Waals surface area contributed by atoms with E-state index in [4.69, 9.17) is 15.6 Å². The summed E-state index contributed by atoms with van der Waals surface area (Å²) >= 11 is 0. The third-order valence-corrected chi connectivity index (χ3v) is 4.02. The molecule has 0 aliphatic carbocycles. The lowest BCUT2D eigenvalue weighted by Gasteiger charge is -2.06. The summed E-state index contributed by atoms with van der Waals surface area (Å²) in [6, 6.07) is 17.0. The summed E-state index contributed by atoms with van der Waals surface area (Å²) in [5, 5.41) is 21.2. The Labute approximate surface area is 177 Å². The van der Waals surface area contributed by atoms with Crippen LogP contribution in [-0.2, 0) is 11.3 Å². The van der Waals surface area contributed by atoms with Gasteiger partial charge in [-0.25, -0.2) is 4.98 Å². The highest BCUT2D eigenvalue weighted by atomic mass is 16.4. The van der Waals surface area contributed by atoms with E-state index in [2.05, 4.69) is 30.8 Å². The molecule has 0 spiro atoms. The number of carbonyl (C=O) groups is 2. The van der Waals surface area contributed by atoms with Gasteiger partial charge >= 0.3 is 0 Å². The van der Waals surface area contributed by atoms with Crippen LogP contribution in [0.1, 0.15) is 23.0 Å². The quantitative estimate of drug-likeness (QED) is 0.330. The number of aromatic amines is 1. The predicted molar refractivity (Wildman–Crippen MR) is 117 cm³/mol. The Balaban J connectivity index is 0.000000628. The van der Waals surface area contributed by atoms with Gasteiger partial charge in [-0.1, -0.05) is 30.3 Å². The lowest BCUT2D eigenvalue weighted by molar-refractivity contribution is -0.134. The molecule has 0 saturated carbocycles. The highest BCUT2D eigenvalue weighted by molar-refractivity contribution is 6.05. The van der Waals surface area contributed by atoms with E-state index in [1.54, 1.807) is 12.3 Å². The van der Waals surface area contributed by atoms with Crippen molar-refractivity contribution in [1.82, 2.24) is 25.5 Å². The summed E-state index contributed by atoms with van der Waals surface area (Å²) in [5.74, 6) is -0.320. The minimum atomic E-state index is -0.833. The number of carboxylic acids is 1. The molecule has 2 aromatic carbocycles. The molecular weight excluding hydrogens is 398 g/mol. The first-order valence-electron chi connectivity index (χ1n) is 9.27. The number of anilines is 3. The number of carboxylic acid groups (broad SMARTS) is 1. The molecule has 0 unspecified atom stereocenters. The number of benzene rings is 2. The molecule has 10 nitrogen and oxygen atoms in total. The van der Waals surface area contributed by atoms with Gasteiger partial charge in [0, 0.05) is 30.7 Å². The molecule has 10 heteroatoms. The average molecular weight is 419 g/mol. The van der Waals surface area contributed by atoms with Crippen LogP contribution in [0.15, 0.2) is 60.8 Å². The van der Waals surface area contributed by atoms with E-state index in [-0.39, 0.29) is 11.9 Å². The SMILES string of the molecule is CC(=O)O.Nc1nccc(Nc2ccc3[nH]nc(C(=O)NCc4ccccc4)c3c2)n1. The van der Waals surface area contributed by atoms with Gasteiger partial charge in [-0.3, -0.25) is 14.7 Å². The Kier molecular flexibility index (Phi) is 6.74. The van der Waals surface area contributed by atoms with Crippen molar-refractivity contribution in [1.29, 1.82) is 0 Å². The lowest BCUT2D eigenvalue weighted by atomic mass is 10.1. The fourth-order valence-corrected chi connectivity index (χ4v) is 2.72. The van der Waals surface area contributed by atoms with Gasteiger partial charge in [-0.05, 0) is 29.8 Å². The van der Waals surface area contributed by atoms with E-state index >= 15 is 0 Å². The number of aromatic nitrogens is 4. The zero-order valence-corrected chi connectivity index (χ0v) is 16.7. The number of aliphatic carboxylic acids is 1. The molecule has 0 aliphatic heterocycles. The summed E-state index contributed by atoms with van der Waals surface area (Å²) in [5.41, 5.74) is 8.50. The summed E-state index contributed by atoms with van der Waals surface area (Å²) in [7, 11) is 0. The molecule has 31 heavy (non-hydrogen) atoms. The van der Waals surface area contributed by atoms with E-state index in [0.29, 0.717) is 23.4 Å². The Morgan fingerprint density at radius 1 is 1.13 bits per heavy atom. The van der Waals surface area contributed by atoms with Crippen LogP contribution in [0.3, 0.4) is 0 Å². The topological polar surface area (TPSA) is 159 Å². The minimum absolute atomic E-state index is 0.186. The zero-order valence-electron chi connectivity index (χ0n) is 16.7. The standard InChI is InChI=1S/C19H17N7O.C2H4O2/c20-19-21-9-8-16(24-19)23-13-6-7-15-14(10-13)17(26-25-15)18(27)22-11-12-4-2-1-3-5-12;1-2(3)4/h1-10H,11H2,(H,22,27)(H,25,26)(H3,20,21,23,24);1H3,(H,3,4). The number of hydrogen-bond acceptors (Lipinski definition) is 7. The maximum atomic E-state index is 12.6. The molecule has 0 atom stereocenters. The monoisotopic (exact) mass is 419 g/mol. The molecule has 2 aromatic heterocycles. The number of H-pyrrole nitrogens is 1. The van der Waals surface area contributed by atoms with Gasteiger partial charge in [0.05, 0.1) is 5.52 Å². The first-order valence-corrected chi connectivity index (χ1v) is 9.27. The fourth-order valence-electron chi connectivity index (χ4n) is 2.72. The second kappa shape index (κ2) is 9.83. The number of carbonyl (C=O) groups excluding carboxylic acids is 1. The van der Waals surface area contributed by atoms with E-state index in [0.717, 1.165) is 23.7 Å². The van der Waals surface area contributed by atoms with Crippen molar-refractivity contribution < 1.29 is 14.7 Å². The van der Waals surface area contributed by atoms with E-state index in [9.17, 15) is 4.79 Å². The Bertz CT molecular complexity index is 1190. The molecule has 0 bridgehead atoms. The molecule has 0 aliphatic rings. The Morgan fingerprint density at radius 2 is 1.87 bits per heavy atom. The second-order valence-corrected chi connectivity index (χ2v) is 6.44. The summed E-state index contributed by atoms with van der Waals surface area (Å²) in [6.45, 7) is 1.52. The molecule has 4 aromatic rings. The van der Waals surface area contributed by atoms with Crippen LogP contribution < -0.4 is 16.4 Å². The first-order chi connectivity index (χ1) is 14.9. The number of rotatable bonds is 5. The lowest BCUT2D eigenvalue weighted by Crippen LogP contribution is -2.23. The zero-order chi connectivity index (χ0) is 22.2. The van der Waals surface area contributed by atoms with Crippen molar-refractivity contribution in [2.75, 3.05) is 11.1 Å². The summed E-state index contributed by atoms with van der Waals surface area (Å²) in [6.07, 6.45) is 1.57. The predicted octanol–water partition coefficient (Wildman–Crippen LogP) is 2.70. The fraction of sp³-hybridized carbons (Fsp3) is 0.0952. The Hall–Kier alpha value is -4.47. The van der Waals surface area contributed by atoms with Crippen LogP contribution in [0.25, 0.3) is 10.9 Å². The van der Waals surface area contributed by atoms with Crippen molar-refractivity contribution in [2.24, 2.45) is 0 Å². The van der Waals surface area contributed by atoms with Gasteiger partial charge in [0.25, 0.3) is 11.9 Å². The molecule has 4 rings (SSSR count). The third-order valence-electron chi connectivity index (χ3n) is 4.02. The minimum Gasteiger partial charge on any atom is -0.481 e. The van der Waals surface area contributed by atoms with Gasteiger partial charge < -0.3 is 21.5 Å². The van der Waals surface area contributed by atoms with Crippen molar-refractivity contribution in [2.45, 2.75) is 13.5 Å². The summed E-state index contributed by atoms with van der Waals surface area (Å²) < 4.78 is 0. The third kappa shape index (κ3) is 6.00. The van der Waals surface area contributed by atoms with E-state index in [1.165, 1.54) is 0 Å². The number of nitrogen functional groups attached to an aromatic ring is 1. The molecular formula is C21H21N7O3. The second-order valence-electron chi connectivity index (χ2n) is 6.44. The molecule has 1 amide bonds. The number of nitrogens with zero attached hydrogens (tertiary/aromatic N) is 3. The molecule has 158 valence electrons. The first kappa shape index (κ1) is 21.2. The van der Waals surface area contributed by atoms with Crippen molar-refractivity contribution >= 4 is 40.2 Å². The highest BCUT2D eigenvalue weighted by Crippen LogP contribution is 2.23. The van der Waals surface area contributed by atoms with Gasteiger partial charge in [0.1, 0.15) is 5.82 Å². The maximum absolute atomic E-state index is 12.6. The van der Waals surface area contributed by atoms with Crippen LogP contribution >= 0.6 is 0 Å². The van der Waals surface area contributed by atoms with Gasteiger partial charge in [-0.15, -0.1) is 0 Å².